The highest BCUT2D eigenvalue weighted by atomic mass is 35.5. The molecule has 0 amide bonds. The lowest BCUT2D eigenvalue weighted by Crippen LogP contribution is -2.45. The summed E-state index contributed by atoms with van der Waals surface area (Å²) in [5.41, 5.74) is 5.94. The van der Waals surface area contributed by atoms with Gasteiger partial charge in [-0.25, -0.2) is 21.6 Å². The fourth-order valence-electron chi connectivity index (χ4n) is 3.06. The Morgan fingerprint density at radius 1 is 1.15 bits per heavy atom. The van der Waals surface area contributed by atoms with Gasteiger partial charge < -0.3 is 5.73 Å². The number of nitrogens with zero attached hydrogens (tertiary/aromatic N) is 1. The standard InChI is InChI=1S/C16H25N3O4S2.ClH/c1-12(17)13-4-3-9-19(11-13)25(22,23)16-6-2-5-15(10-16)24(20,21)18-14-7-8-14;/h2,5-6,10,12-14,18H,3-4,7-9,11,17H2,1H3;1H. The fourth-order valence-corrected chi connectivity index (χ4v) is 6.07. The minimum absolute atomic E-state index is 0. The van der Waals surface area contributed by atoms with Gasteiger partial charge in [-0.2, -0.15) is 4.31 Å². The molecule has 1 aliphatic carbocycles. The average molecular weight is 424 g/mol. The predicted octanol–water partition coefficient (Wildman–Crippen LogP) is 1.30. The third-order valence-corrected chi connectivity index (χ3v) is 8.20. The van der Waals surface area contributed by atoms with Gasteiger partial charge in [0.2, 0.25) is 20.0 Å². The molecule has 0 spiro atoms. The van der Waals surface area contributed by atoms with Gasteiger partial charge in [0, 0.05) is 25.2 Å². The van der Waals surface area contributed by atoms with E-state index in [1.807, 2.05) is 6.92 Å². The second-order valence-corrected chi connectivity index (χ2v) is 10.6. The van der Waals surface area contributed by atoms with Crippen LogP contribution in [0.15, 0.2) is 34.1 Å². The number of sulfonamides is 2. The van der Waals surface area contributed by atoms with Crippen molar-refractivity contribution in [2.75, 3.05) is 13.1 Å². The maximum atomic E-state index is 12.9. The number of halogens is 1. The summed E-state index contributed by atoms with van der Waals surface area (Å²) >= 11 is 0. The molecule has 0 aromatic heterocycles. The van der Waals surface area contributed by atoms with Crippen LogP contribution in [0, 0.1) is 5.92 Å². The van der Waals surface area contributed by atoms with Crippen LogP contribution in [-0.2, 0) is 20.0 Å². The Morgan fingerprint density at radius 2 is 1.81 bits per heavy atom. The zero-order valence-electron chi connectivity index (χ0n) is 14.7. The Labute approximate surface area is 161 Å². The lowest BCUT2D eigenvalue weighted by atomic mass is 9.93. The maximum Gasteiger partial charge on any atom is 0.243 e. The van der Waals surface area contributed by atoms with Crippen LogP contribution in [-0.4, -0.2) is 46.3 Å². The highest BCUT2D eigenvalue weighted by molar-refractivity contribution is 7.90. The summed E-state index contributed by atoms with van der Waals surface area (Å²) in [6, 6.07) is 5.48. The lowest BCUT2D eigenvalue weighted by molar-refractivity contribution is 0.243. The first kappa shape index (κ1) is 21.6. The zero-order valence-corrected chi connectivity index (χ0v) is 17.1. The van der Waals surface area contributed by atoms with Crippen LogP contribution >= 0.6 is 12.4 Å². The largest absolute Gasteiger partial charge is 0.328 e. The van der Waals surface area contributed by atoms with Crippen LogP contribution in [0.2, 0.25) is 0 Å². The van der Waals surface area contributed by atoms with Crippen molar-refractivity contribution in [3.05, 3.63) is 24.3 Å². The van der Waals surface area contributed by atoms with Gasteiger partial charge in [0.1, 0.15) is 0 Å². The SMILES string of the molecule is CC(N)C1CCCN(S(=O)(=O)c2cccc(S(=O)(=O)NC3CC3)c2)C1.Cl. The van der Waals surface area contributed by atoms with Gasteiger partial charge in [0.25, 0.3) is 0 Å². The molecule has 1 heterocycles. The minimum Gasteiger partial charge on any atom is -0.328 e. The molecule has 0 bridgehead atoms. The van der Waals surface area contributed by atoms with Gasteiger partial charge in [0.15, 0.2) is 0 Å². The van der Waals surface area contributed by atoms with E-state index in [9.17, 15) is 16.8 Å². The number of benzene rings is 1. The van der Waals surface area contributed by atoms with Gasteiger partial charge in [-0.3, -0.25) is 0 Å². The molecule has 3 rings (SSSR count). The number of rotatable bonds is 6. The number of nitrogens with two attached hydrogens (primary N) is 1. The van der Waals surface area contributed by atoms with Crippen molar-refractivity contribution >= 4 is 32.5 Å². The molecule has 2 fully saturated rings. The second kappa shape index (κ2) is 8.12. The van der Waals surface area contributed by atoms with Crippen LogP contribution in [0.4, 0.5) is 0 Å². The average Bonchev–Trinajstić information content (AvgIpc) is 3.38. The molecule has 1 saturated heterocycles. The van der Waals surface area contributed by atoms with Crippen molar-refractivity contribution in [3.8, 4) is 0 Å². The number of nitrogens with one attached hydrogen (secondary N) is 1. The third-order valence-electron chi connectivity index (χ3n) is 4.82. The van der Waals surface area contributed by atoms with Crippen molar-refractivity contribution in [3.63, 3.8) is 0 Å². The number of hydrogen-bond acceptors (Lipinski definition) is 5. The molecule has 148 valence electrons. The van der Waals surface area contributed by atoms with Crippen LogP contribution in [0.1, 0.15) is 32.6 Å². The van der Waals surface area contributed by atoms with Crippen molar-refractivity contribution in [1.29, 1.82) is 0 Å². The second-order valence-electron chi connectivity index (χ2n) is 6.99. The monoisotopic (exact) mass is 423 g/mol. The molecule has 1 aromatic rings. The maximum absolute atomic E-state index is 12.9. The highest BCUT2D eigenvalue weighted by Crippen LogP contribution is 2.27. The smallest absolute Gasteiger partial charge is 0.243 e. The molecule has 2 atom stereocenters. The summed E-state index contributed by atoms with van der Waals surface area (Å²) in [5, 5.41) is 0. The number of piperidine rings is 1. The quantitative estimate of drug-likeness (QED) is 0.716. The van der Waals surface area contributed by atoms with E-state index in [2.05, 4.69) is 4.72 Å². The van der Waals surface area contributed by atoms with Crippen molar-refractivity contribution in [2.45, 2.75) is 54.5 Å². The van der Waals surface area contributed by atoms with E-state index in [0.29, 0.717) is 13.1 Å². The van der Waals surface area contributed by atoms with Crippen LogP contribution in [0.5, 0.6) is 0 Å². The third kappa shape index (κ3) is 4.76. The number of hydrogen-bond donors (Lipinski definition) is 2. The van der Waals surface area contributed by atoms with E-state index >= 15 is 0 Å². The van der Waals surface area contributed by atoms with Crippen molar-refractivity contribution in [2.24, 2.45) is 11.7 Å². The molecule has 2 aliphatic rings. The Kier molecular flexibility index (Phi) is 6.74. The first-order valence-corrected chi connectivity index (χ1v) is 11.5. The summed E-state index contributed by atoms with van der Waals surface area (Å²) in [4.78, 5) is -0.00211. The molecule has 1 aromatic carbocycles. The van der Waals surface area contributed by atoms with E-state index in [0.717, 1.165) is 25.7 Å². The molecular weight excluding hydrogens is 398 g/mol. The zero-order chi connectivity index (χ0) is 18.2. The Morgan fingerprint density at radius 3 is 2.42 bits per heavy atom. The Bertz CT molecular complexity index is 839. The highest BCUT2D eigenvalue weighted by Gasteiger charge is 2.33. The minimum atomic E-state index is -3.74. The van der Waals surface area contributed by atoms with Crippen LogP contribution in [0.3, 0.4) is 0 Å². The van der Waals surface area contributed by atoms with Crippen molar-refractivity contribution < 1.29 is 16.8 Å². The van der Waals surface area contributed by atoms with Gasteiger partial charge in [-0.1, -0.05) is 6.07 Å². The molecular formula is C16H26ClN3O4S2. The molecule has 26 heavy (non-hydrogen) atoms. The van der Waals surface area contributed by atoms with Gasteiger partial charge >= 0.3 is 0 Å². The first-order chi connectivity index (χ1) is 11.7. The molecule has 10 heteroatoms. The first-order valence-electron chi connectivity index (χ1n) is 8.58. The van der Waals surface area contributed by atoms with Gasteiger partial charge in [0.05, 0.1) is 9.79 Å². The molecule has 1 aliphatic heterocycles. The molecule has 2 unspecified atom stereocenters. The van der Waals surface area contributed by atoms with E-state index in [-0.39, 0.29) is 40.2 Å². The Balaban J connectivity index is 0.00000243. The normalized spacial score (nSPS) is 23.2. The van der Waals surface area contributed by atoms with Gasteiger partial charge in [-0.15, -0.1) is 12.4 Å². The Hall–Kier alpha value is -0.710. The topological polar surface area (TPSA) is 110 Å². The summed E-state index contributed by atoms with van der Waals surface area (Å²) in [6.07, 6.45) is 3.31. The molecule has 1 saturated carbocycles. The van der Waals surface area contributed by atoms with E-state index < -0.39 is 20.0 Å². The lowest BCUT2D eigenvalue weighted by Gasteiger charge is -2.33. The summed E-state index contributed by atoms with van der Waals surface area (Å²) in [5.74, 6) is 0.118. The molecule has 0 radical (unpaired) electrons. The van der Waals surface area contributed by atoms with Crippen LogP contribution in [0.25, 0.3) is 0 Å². The molecule has 3 N–H and O–H groups in total. The van der Waals surface area contributed by atoms with E-state index in [1.165, 1.54) is 28.6 Å². The summed E-state index contributed by atoms with van der Waals surface area (Å²) < 4.78 is 54.6. The molecule has 7 nitrogen and oxygen atoms in total. The summed E-state index contributed by atoms with van der Waals surface area (Å²) in [6.45, 7) is 2.69. The fraction of sp³-hybridized carbons (Fsp3) is 0.625. The van der Waals surface area contributed by atoms with E-state index in [4.69, 9.17) is 5.73 Å². The van der Waals surface area contributed by atoms with Gasteiger partial charge in [-0.05, 0) is 56.7 Å². The summed E-state index contributed by atoms with van der Waals surface area (Å²) in [7, 11) is -7.43. The van der Waals surface area contributed by atoms with Crippen molar-refractivity contribution in [1.82, 2.24) is 9.03 Å². The predicted molar refractivity (Wildman–Crippen MR) is 102 cm³/mol. The van der Waals surface area contributed by atoms with Crippen LogP contribution < -0.4 is 10.5 Å². The van der Waals surface area contributed by atoms with E-state index in [1.54, 1.807) is 0 Å².